The predicted molar refractivity (Wildman–Crippen MR) is 105 cm³/mol. The molecule has 0 aromatic heterocycles. The van der Waals surface area contributed by atoms with E-state index in [9.17, 15) is 9.59 Å². The monoisotopic (exact) mass is 362 g/mol. The molecule has 0 bridgehead atoms. The van der Waals surface area contributed by atoms with Crippen molar-refractivity contribution in [3.63, 3.8) is 0 Å². The van der Waals surface area contributed by atoms with E-state index in [0.717, 1.165) is 33.7 Å². The number of carbonyl (C=O) groups is 2. The SMILES string of the molecule is Cc1cccc(C)c1NC(=O)C(C1=Cc2ccccc2OC1)N1CCC1=O. The van der Waals surface area contributed by atoms with Crippen molar-refractivity contribution in [2.75, 3.05) is 18.5 Å². The van der Waals surface area contributed by atoms with Crippen molar-refractivity contribution >= 4 is 23.6 Å². The van der Waals surface area contributed by atoms with Gasteiger partial charge in [-0.3, -0.25) is 9.59 Å². The third-order valence-electron chi connectivity index (χ3n) is 5.18. The van der Waals surface area contributed by atoms with Crippen molar-refractivity contribution in [3.05, 3.63) is 64.7 Å². The van der Waals surface area contributed by atoms with Crippen LogP contribution in [0.25, 0.3) is 6.08 Å². The van der Waals surface area contributed by atoms with Gasteiger partial charge >= 0.3 is 0 Å². The van der Waals surface area contributed by atoms with E-state index in [1.165, 1.54) is 0 Å². The fraction of sp³-hybridized carbons (Fsp3) is 0.273. The van der Waals surface area contributed by atoms with E-state index < -0.39 is 6.04 Å². The number of rotatable bonds is 4. The average molecular weight is 362 g/mol. The van der Waals surface area contributed by atoms with Gasteiger partial charge in [-0.15, -0.1) is 0 Å². The van der Waals surface area contributed by atoms with Gasteiger partial charge in [0.25, 0.3) is 5.91 Å². The van der Waals surface area contributed by atoms with Crippen LogP contribution in [0.3, 0.4) is 0 Å². The summed E-state index contributed by atoms with van der Waals surface area (Å²) in [6.07, 6.45) is 2.46. The van der Waals surface area contributed by atoms with E-state index in [4.69, 9.17) is 4.74 Å². The fourth-order valence-electron chi connectivity index (χ4n) is 3.61. The first-order valence-electron chi connectivity index (χ1n) is 9.13. The normalized spacial score (nSPS) is 16.6. The van der Waals surface area contributed by atoms with Gasteiger partial charge in [-0.1, -0.05) is 36.4 Å². The summed E-state index contributed by atoms with van der Waals surface area (Å²) in [7, 11) is 0. The summed E-state index contributed by atoms with van der Waals surface area (Å²) in [5.74, 6) is 0.594. The minimum Gasteiger partial charge on any atom is -0.489 e. The molecule has 1 fully saturated rings. The molecule has 1 unspecified atom stereocenters. The molecular formula is C22H22N2O3. The molecule has 5 heteroatoms. The summed E-state index contributed by atoms with van der Waals surface area (Å²) in [5.41, 5.74) is 4.52. The number of fused-ring (bicyclic) bond motifs is 1. The lowest BCUT2D eigenvalue weighted by Crippen LogP contribution is -2.56. The number of carbonyl (C=O) groups excluding carboxylic acids is 2. The molecule has 2 aliphatic heterocycles. The largest absolute Gasteiger partial charge is 0.489 e. The Hall–Kier alpha value is -3.08. The third kappa shape index (κ3) is 3.21. The van der Waals surface area contributed by atoms with Crippen LogP contribution in [0.5, 0.6) is 5.75 Å². The summed E-state index contributed by atoms with van der Waals surface area (Å²) in [6, 6.07) is 12.9. The van der Waals surface area contributed by atoms with Gasteiger partial charge in [0.2, 0.25) is 5.91 Å². The minimum atomic E-state index is -0.654. The zero-order valence-corrected chi connectivity index (χ0v) is 15.5. The van der Waals surface area contributed by atoms with E-state index in [2.05, 4.69) is 5.32 Å². The second-order valence-electron chi connectivity index (χ2n) is 7.04. The van der Waals surface area contributed by atoms with Crippen LogP contribution in [-0.4, -0.2) is 35.9 Å². The van der Waals surface area contributed by atoms with Crippen molar-refractivity contribution < 1.29 is 14.3 Å². The van der Waals surface area contributed by atoms with Gasteiger partial charge in [-0.05, 0) is 42.7 Å². The number of para-hydroxylation sites is 2. The number of nitrogens with one attached hydrogen (secondary N) is 1. The predicted octanol–water partition coefficient (Wildman–Crippen LogP) is 3.32. The van der Waals surface area contributed by atoms with Crippen LogP contribution in [0.4, 0.5) is 5.69 Å². The van der Waals surface area contributed by atoms with Crippen LogP contribution in [0, 0.1) is 13.8 Å². The second kappa shape index (κ2) is 6.91. The number of ether oxygens (including phenoxy) is 1. The van der Waals surface area contributed by atoms with Gasteiger partial charge in [0, 0.05) is 24.2 Å². The third-order valence-corrected chi connectivity index (χ3v) is 5.18. The zero-order valence-electron chi connectivity index (χ0n) is 15.5. The standard InChI is InChI=1S/C22H22N2O3/c1-14-6-5-7-15(2)20(14)23-22(26)21(24-11-10-19(24)25)17-12-16-8-3-4-9-18(16)27-13-17/h3-9,12,21H,10-11,13H2,1-2H3,(H,23,26). The smallest absolute Gasteiger partial charge is 0.251 e. The highest BCUT2D eigenvalue weighted by Crippen LogP contribution is 2.31. The van der Waals surface area contributed by atoms with Crippen molar-refractivity contribution in [2.24, 2.45) is 0 Å². The lowest BCUT2D eigenvalue weighted by molar-refractivity contribution is -0.145. The van der Waals surface area contributed by atoms with E-state index in [0.29, 0.717) is 19.6 Å². The molecule has 2 aliphatic rings. The van der Waals surface area contributed by atoms with E-state index >= 15 is 0 Å². The number of β-lactam (4-membered cyclic amide) rings is 1. The summed E-state index contributed by atoms with van der Waals surface area (Å²) in [5, 5.41) is 3.04. The Morgan fingerprint density at radius 3 is 2.52 bits per heavy atom. The molecule has 2 aromatic rings. The van der Waals surface area contributed by atoms with Crippen molar-refractivity contribution in [2.45, 2.75) is 26.3 Å². The van der Waals surface area contributed by atoms with Crippen LogP contribution in [-0.2, 0) is 9.59 Å². The van der Waals surface area contributed by atoms with Crippen molar-refractivity contribution in [3.8, 4) is 5.75 Å². The molecular weight excluding hydrogens is 340 g/mol. The Labute approximate surface area is 158 Å². The summed E-state index contributed by atoms with van der Waals surface area (Å²) < 4.78 is 5.83. The number of amides is 2. The molecule has 2 aromatic carbocycles. The quantitative estimate of drug-likeness (QED) is 0.849. The van der Waals surface area contributed by atoms with Crippen molar-refractivity contribution in [1.29, 1.82) is 0 Å². The maximum atomic E-state index is 13.2. The Kier molecular flexibility index (Phi) is 4.44. The van der Waals surface area contributed by atoms with Gasteiger partial charge < -0.3 is 15.0 Å². The van der Waals surface area contributed by atoms with Crippen LogP contribution in [0.2, 0.25) is 0 Å². The number of anilines is 1. The van der Waals surface area contributed by atoms with E-state index in [-0.39, 0.29) is 11.8 Å². The molecule has 2 amide bonds. The Bertz CT molecular complexity index is 928. The summed E-state index contributed by atoms with van der Waals surface area (Å²) in [4.78, 5) is 27.0. The first kappa shape index (κ1) is 17.3. The van der Waals surface area contributed by atoms with Crippen LogP contribution in [0.1, 0.15) is 23.1 Å². The molecule has 138 valence electrons. The Morgan fingerprint density at radius 2 is 1.85 bits per heavy atom. The molecule has 2 heterocycles. The van der Waals surface area contributed by atoms with Gasteiger partial charge in [-0.25, -0.2) is 0 Å². The molecule has 4 rings (SSSR count). The van der Waals surface area contributed by atoms with Gasteiger partial charge in [0.1, 0.15) is 18.4 Å². The van der Waals surface area contributed by atoms with E-state index in [1.807, 2.05) is 62.4 Å². The number of hydrogen-bond donors (Lipinski definition) is 1. The fourth-order valence-corrected chi connectivity index (χ4v) is 3.61. The number of likely N-dealkylation sites (tertiary alicyclic amines) is 1. The molecule has 0 spiro atoms. The summed E-state index contributed by atoms with van der Waals surface area (Å²) >= 11 is 0. The molecule has 1 atom stereocenters. The number of aryl methyl sites for hydroxylation is 2. The van der Waals surface area contributed by atoms with Crippen LogP contribution >= 0.6 is 0 Å². The van der Waals surface area contributed by atoms with Gasteiger partial charge in [-0.2, -0.15) is 0 Å². The minimum absolute atomic E-state index is 0.00332. The topological polar surface area (TPSA) is 58.6 Å². The number of nitrogens with zero attached hydrogens (tertiary/aromatic N) is 1. The zero-order chi connectivity index (χ0) is 19.0. The average Bonchev–Trinajstić information content (AvgIpc) is 2.67. The van der Waals surface area contributed by atoms with Crippen LogP contribution < -0.4 is 10.1 Å². The maximum absolute atomic E-state index is 13.2. The van der Waals surface area contributed by atoms with Gasteiger partial charge in [0.05, 0.1) is 0 Å². The molecule has 1 saturated heterocycles. The molecule has 0 aliphatic carbocycles. The van der Waals surface area contributed by atoms with Crippen molar-refractivity contribution in [1.82, 2.24) is 4.90 Å². The second-order valence-corrected chi connectivity index (χ2v) is 7.04. The van der Waals surface area contributed by atoms with Crippen LogP contribution in [0.15, 0.2) is 48.0 Å². The first-order chi connectivity index (χ1) is 13.0. The highest BCUT2D eigenvalue weighted by Gasteiger charge is 2.39. The molecule has 0 saturated carbocycles. The number of benzene rings is 2. The molecule has 5 nitrogen and oxygen atoms in total. The lowest BCUT2D eigenvalue weighted by atomic mass is 9.96. The number of hydrogen-bond acceptors (Lipinski definition) is 3. The van der Waals surface area contributed by atoms with Gasteiger partial charge in [0.15, 0.2) is 0 Å². The molecule has 0 radical (unpaired) electrons. The first-order valence-corrected chi connectivity index (χ1v) is 9.13. The van der Waals surface area contributed by atoms with E-state index in [1.54, 1.807) is 4.90 Å². The lowest BCUT2D eigenvalue weighted by Gasteiger charge is -2.39. The Morgan fingerprint density at radius 1 is 1.11 bits per heavy atom. The highest BCUT2D eigenvalue weighted by molar-refractivity contribution is 6.02. The summed E-state index contributed by atoms with van der Waals surface area (Å²) in [6.45, 7) is 4.81. The molecule has 27 heavy (non-hydrogen) atoms. The Balaban J connectivity index is 1.67. The maximum Gasteiger partial charge on any atom is 0.251 e. The highest BCUT2D eigenvalue weighted by atomic mass is 16.5. The molecule has 1 N–H and O–H groups in total.